The first-order valence-electron chi connectivity index (χ1n) is 1.30. The van der Waals surface area contributed by atoms with Gasteiger partial charge in [0, 0.05) is 0 Å². The Morgan fingerprint density at radius 2 is 0.909 bits per heavy atom. The van der Waals surface area contributed by atoms with E-state index in [1.807, 2.05) is 0 Å². The zero-order valence-electron chi connectivity index (χ0n) is 4.75. The first-order chi connectivity index (χ1) is 4.46. The minimum absolute atomic E-state index is 0. The third kappa shape index (κ3) is 3480. The summed E-state index contributed by atoms with van der Waals surface area (Å²) in [4.78, 5) is 16.5. The summed E-state index contributed by atoms with van der Waals surface area (Å²) >= 11 is 0.889. The third-order valence-corrected chi connectivity index (χ3v) is 0. The van der Waals surface area contributed by atoms with Crippen molar-refractivity contribution in [3.8, 4) is 0 Å². The Balaban J connectivity index is -0.0000000339. The van der Waals surface area contributed by atoms with E-state index in [0.717, 1.165) is 23.7 Å². The van der Waals surface area contributed by atoms with Crippen LogP contribution in [0.15, 0.2) is 0 Å². The van der Waals surface area contributed by atoms with Gasteiger partial charge in [-0.25, -0.2) is 0 Å². The summed E-state index contributed by atoms with van der Waals surface area (Å²) in [6, 6.07) is 0. The zero-order chi connectivity index (χ0) is 9.15. The molecule has 0 bridgehead atoms. The molecule has 0 aromatic rings. The van der Waals surface area contributed by atoms with Gasteiger partial charge in [-0.3, -0.25) is 0 Å². The minimum atomic E-state index is -1.75. The van der Waals surface area contributed by atoms with Crippen molar-refractivity contribution in [2.45, 2.75) is 0 Å². The van der Waals surface area contributed by atoms with E-state index in [1.54, 1.807) is 0 Å². The molecule has 0 saturated heterocycles. The van der Waals surface area contributed by atoms with Gasteiger partial charge in [0.15, 0.2) is 0 Å². The maximum absolute atomic E-state index is 8.25. The Kier molecular flexibility index (Phi) is 45.9. The van der Waals surface area contributed by atoms with Crippen LogP contribution in [0, 0.1) is 30.6 Å². The van der Waals surface area contributed by atoms with Crippen LogP contribution in [0.2, 0.25) is 0 Å². The van der Waals surface area contributed by atoms with Gasteiger partial charge in [-0.05, 0) is 0 Å². The Labute approximate surface area is 99.5 Å². The number of hydrogen-bond acceptors (Lipinski definition) is 7. The predicted molar refractivity (Wildman–Crippen MR) is 39.8 cm³/mol. The predicted octanol–water partition coefficient (Wildman–Crippen LogP) is -0.592. The summed E-state index contributed by atoms with van der Waals surface area (Å²) in [5, 5.41) is 29.5. The number of rotatable bonds is 0. The van der Waals surface area contributed by atoms with Gasteiger partial charge in [0.2, 0.25) is 0 Å². The summed E-state index contributed by atoms with van der Waals surface area (Å²) in [5.74, 6) is 0. The van der Waals surface area contributed by atoms with Crippen molar-refractivity contribution in [2.75, 3.05) is 0 Å². The molecule has 0 unspecified atom stereocenters. The summed E-state index contributed by atoms with van der Waals surface area (Å²) in [6.07, 6.45) is 0. The van der Waals surface area contributed by atoms with E-state index in [4.69, 9.17) is 30.6 Å². The van der Waals surface area contributed by atoms with Crippen LogP contribution in [0.5, 0.6) is 0 Å². The zero-order valence-corrected chi connectivity index (χ0v) is 13.3. The van der Waals surface area contributed by atoms with E-state index in [2.05, 4.69) is 8.65 Å². The second-order valence-corrected chi connectivity index (χ2v) is 0.447. The van der Waals surface area contributed by atoms with Crippen LogP contribution in [0.3, 0.4) is 0 Å². The van der Waals surface area contributed by atoms with Crippen molar-refractivity contribution >= 4 is 59.6 Å². The van der Waals surface area contributed by atoms with Crippen molar-refractivity contribution in [1.82, 2.24) is 0 Å². The number of nitrogens with zero attached hydrogens (tertiary/aromatic N) is 2. The van der Waals surface area contributed by atoms with Gasteiger partial charge < -0.3 is 30.6 Å². The SMILES string of the molecule is O=[N+]([O-])[O-].O=[N+]([O-])[O-].[Pb+2].[S]=[Pb]. The van der Waals surface area contributed by atoms with Crippen LogP contribution in [0.4, 0.5) is 0 Å². The van der Waals surface area contributed by atoms with Crippen LogP contribution in [-0.2, 0) is 0 Å². The van der Waals surface area contributed by atoms with Gasteiger partial charge in [0.1, 0.15) is 0 Å². The Bertz CT molecular complexity index is 86.8. The van der Waals surface area contributed by atoms with Crippen LogP contribution < -0.4 is 0 Å². The molecule has 8 nitrogen and oxygen atoms in total. The van der Waals surface area contributed by atoms with E-state index >= 15 is 0 Å². The van der Waals surface area contributed by atoms with Crippen LogP contribution in [0.1, 0.15) is 0 Å². The molecule has 0 atom stereocenters. The van der Waals surface area contributed by atoms with Crippen molar-refractivity contribution in [2.24, 2.45) is 0 Å². The van der Waals surface area contributed by atoms with Gasteiger partial charge in [-0.1, -0.05) is 0 Å². The van der Waals surface area contributed by atoms with Gasteiger partial charge in [0.05, 0.1) is 10.2 Å². The fraction of sp³-hybridized carbons (Fsp3) is 0. The molecule has 0 fully saturated rings. The fourth-order valence-electron chi connectivity index (χ4n) is 0. The average Bonchev–Trinajstić information content (AvgIpc) is 1.66. The molecule has 11 heteroatoms. The van der Waals surface area contributed by atoms with E-state index in [9.17, 15) is 0 Å². The fourth-order valence-corrected chi connectivity index (χ4v) is 0. The molecule has 0 heterocycles. The molecule has 0 spiro atoms. The molecular formula is N2O6Pb2S. The Hall–Kier alpha value is 0.464. The normalized spacial score (nSPS) is 4.73. The second kappa shape index (κ2) is 22.4. The molecule has 11 heavy (non-hydrogen) atoms. The van der Waals surface area contributed by atoms with Crippen molar-refractivity contribution in [3.05, 3.63) is 30.6 Å². The molecule has 0 aliphatic rings. The van der Waals surface area contributed by atoms with Crippen LogP contribution >= 0.6 is 8.65 Å². The summed E-state index contributed by atoms with van der Waals surface area (Å²) < 4.78 is 0. The summed E-state index contributed by atoms with van der Waals surface area (Å²) in [6.45, 7) is 0. The first kappa shape index (κ1) is 22.5. The van der Waals surface area contributed by atoms with Gasteiger partial charge >= 0.3 is 59.6 Å². The molecule has 0 aliphatic heterocycles. The second-order valence-electron chi connectivity index (χ2n) is 0.447. The van der Waals surface area contributed by atoms with E-state index in [-0.39, 0.29) is 27.3 Å². The molecule has 60 valence electrons. The van der Waals surface area contributed by atoms with Gasteiger partial charge in [0.25, 0.3) is 0 Å². The molecule has 0 amide bonds. The molecule has 0 aliphatic carbocycles. The molecule has 0 aromatic heterocycles. The van der Waals surface area contributed by atoms with Crippen LogP contribution in [0.25, 0.3) is 0 Å². The van der Waals surface area contributed by atoms with E-state index in [1.165, 1.54) is 0 Å². The standard InChI is InChI=1S/2NO3.2Pb.S/c2*2-1(3)4;;;/q2*-1;;+2;. The van der Waals surface area contributed by atoms with E-state index < -0.39 is 10.2 Å². The molecule has 0 N–H and O–H groups in total. The Morgan fingerprint density at radius 3 is 0.909 bits per heavy atom. The third-order valence-electron chi connectivity index (χ3n) is 0. The monoisotopic (exact) mass is 572 g/mol. The molecule has 4 radical (unpaired) electrons. The molecular weight excluding hydrogens is 570 g/mol. The maximum atomic E-state index is 8.25. The van der Waals surface area contributed by atoms with Crippen molar-refractivity contribution < 1.29 is 10.2 Å². The molecule has 0 aromatic carbocycles. The summed E-state index contributed by atoms with van der Waals surface area (Å²) in [5.41, 5.74) is 0. The quantitative estimate of drug-likeness (QED) is 0.216. The van der Waals surface area contributed by atoms with E-state index in [0.29, 0.717) is 0 Å². The first-order valence-corrected chi connectivity index (χ1v) is 6.47. The van der Waals surface area contributed by atoms with Gasteiger partial charge in [-0.2, -0.15) is 0 Å². The Morgan fingerprint density at radius 1 is 0.909 bits per heavy atom. The van der Waals surface area contributed by atoms with Crippen molar-refractivity contribution in [3.63, 3.8) is 0 Å². The summed E-state index contributed by atoms with van der Waals surface area (Å²) in [7, 11) is 4.22. The molecule has 0 rings (SSSR count). The topological polar surface area (TPSA) is 132 Å². The van der Waals surface area contributed by atoms with Crippen molar-refractivity contribution in [1.29, 1.82) is 0 Å². The molecule has 0 saturated carbocycles. The number of hydrogen-bond donors (Lipinski definition) is 0. The average molecular weight is 570 g/mol. The van der Waals surface area contributed by atoms with Gasteiger partial charge in [-0.15, -0.1) is 0 Å². The van der Waals surface area contributed by atoms with Crippen LogP contribution in [-0.4, -0.2) is 61.2 Å².